The molecule has 0 spiro atoms. The van der Waals surface area contributed by atoms with Crippen LogP contribution in [0.15, 0.2) is 60.9 Å². The molecule has 1 amide bonds. The summed E-state index contributed by atoms with van der Waals surface area (Å²) in [6, 6.07) is 14.0. The number of methoxy groups -OCH3 is 1. The molecule has 0 atom stereocenters. The maximum atomic E-state index is 12.5. The zero-order valence-corrected chi connectivity index (χ0v) is 13.1. The number of aromatic nitrogens is 2. The Bertz CT molecular complexity index is 844. The van der Waals surface area contributed by atoms with Gasteiger partial charge in [-0.05, 0) is 35.9 Å². The minimum Gasteiger partial charge on any atom is -0.504 e. The first-order chi connectivity index (χ1) is 11.7. The van der Waals surface area contributed by atoms with Crippen LogP contribution in [0.3, 0.4) is 0 Å². The third-order valence-electron chi connectivity index (χ3n) is 3.60. The molecule has 0 radical (unpaired) electrons. The normalized spacial score (nSPS) is 10.4. The topological polar surface area (TPSA) is 76.4 Å². The molecule has 0 fully saturated rings. The number of ether oxygens (including phenoxy) is 1. The van der Waals surface area contributed by atoms with Crippen LogP contribution < -0.4 is 10.1 Å². The Balaban J connectivity index is 1.77. The van der Waals surface area contributed by atoms with E-state index in [2.05, 4.69) is 10.4 Å². The van der Waals surface area contributed by atoms with E-state index in [4.69, 9.17) is 4.74 Å². The van der Waals surface area contributed by atoms with Gasteiger partial charge in [-0.25, -0.2) is 4.68 Å². The highest BCUT2D eigenvalue weighted by molar-refractivity contribution is 5.97. The second-order valence-electron chi connectivity index (χ2n) is 5.16. The summed E-state index contributed by atoms with van der Waals surface area (Å²) < 4.78 is 6.72. The maximum absolute atomic E-state index is 12.5. The van der Waals surface area contributed by atoms with Gasteiger partial charge in [0, 0.05) is 18.9 Å². The van der Waals surface area contributed by atoms with E-state index < -0.39 is 0 Å². The monoisotopic (exact) mass is 323 g/mol. The molecular formula is C18H17N3O3. The Morgan fingerprint density at radius 1 is 1.25 bits per heavy atom. The largest absolute Gasteiger partial charge is 0.504 e. The summed E-state index contributed by atoms with van der Waals surface area (Å²) in [5.74, 6) is 0.239. The van der Waals surface area contributed by atoms with Crippen molar-refractivity contribution in [2.24, 2.45) is 0 Å². The molecule has 3 rings (SSSR count). The molecular weight excluding hydrogens is 306 g/mol. The molecule has 24 heavy (non-hydrogen) atoms. The fraction of sp³-hybridized carbons (Fsp3) is 0.111. The highest BCUT2D eigenvalue weighted by Crippen LogP contribution is 2.26. The standard InChI is InChI=1S/C18H17N3O3/c1-24-17-11-13(7-8-16(17)22)12-19-18(23)14-5-2-3-6-15(14)21-10-4-9-20-21/h2-11,22H,12H2,1H3,(H,19,23). The molecule has 0 aliphatic heterocycles. The fourth-order valence-electron chi connectivity index (χ4n) is 2.39. The number of para-hydroxylation sites is 1. The van der Waals surface area contributed by atoms with Gasteiger partial charge in [0.1, 0.15) is 0 Å². The molecule has 2 aromatic carbocycles. The number of hydrogen-bond acceptors (Lipinski definition) is 4. The summed E-state index contributed by atoms with van der Waals surface area (Å²) >= 11 is 0. The van der Waals surface area contributed by atoms with Crippen molar-refractivity contribution in [3.63, 3.8) is 0 Å². The molecule has 1 heterocycles. The van der Waals surface area contributed by atoms with Crippen molar-refractivity contribution in [3.8, 4) is 17.2 Å². The molecule has 0 aliphatic carbocycles. The number of amides is 1. The number of hydrogen-bond donors (Lipinski definition) is 2. The van der Waals surface area contributed by atoms with Gasteiger partial charge in [-0.2, -0.15) is 5.10 Å². The van der Waals surface area contributed by atoms with E-state index in [1.54, 1.807) is 41.3 Å². The molecule has 0 saturated carbocycles. The number of benzene rings is 2. The Labute approximate surface area is 139 Å². The lowest BCUT2D eigenvalue weighted by atomic mass is 10.1. The van der Waals surface area contributed by atoms with Gasteiger partial charge >= 0.3 is 0 Å². The lowest BCUT2D eigenvalue weighted by Gasteiger charge is -2.11. The van der Waals surface area contributed by atoms with Gasteiger partial charge in [0.05, 0.1) is 18.4 Å². The summed E-state index contributed by atoms with van der Waals surface area (Å²) in [7, 11) is 1.48. The molecule has 0 saturated heterocycles. The summed E-state index contributed by atoms with van der Waals surface area (Å²) in [5.41, 5.74) is 2.07. The van der Waals surface area contributed by atoms with E-state index >= 15 is 0 Å². The summed E-state index contributed by atoms with van der Waals surface area (Å²) in [4.78, 5) is 12.5. The molecule has 0 aliphatic rings. The molecule has 6 nitrogen and oxygen atoms in total. The SMILES string of the molecule is COc1cc(CNC(=O)c2ccccc2-n2cccn2)ccc1O. The van der Waals surface area contributed by atoms with Gasteiger partial charge in [-0.1, -0.05) is 18.2 Å². The fourth-order valence-corrected chi connectivity index (χ4v) is 2.39. The number of aromatic hydroxyl groups is 1. The van der Waals surface area contributed by atoms with Crippen molar-refractivity contribution >= 4 is 5.91 Å². The number of carbonyl (C=O) groups is 1. The van der Waals surface area contributed by atoms with Crippen LogP contribution in [0.25, 0.3) is 5.69 Å². The van der Waals surface area contributed by atoms with Crippen molar-refractivity contribution in [2.45, 2.75) is 6.54 Å². The second-order valence-corrected chi connectivity index (χ2v) is 5.16. The highest BCUT2D eigenvalue weighted by Gasteiger charge is 2.12. The molecule has 2 N–H and O–H groups in total. The molecule has 0 unspecified atom stereocenters. The van der Waals surface area contributed by atoms with Crippen LogP contribution in [0.2, 0.25) is 0 Å². The van der Waals surface area contributed by atoms with E-state index in [-0.39, 0.29) is 11.7 Å². The van der Waals surface area contributed by atoms with Gasteiger partial charge in [-0.15, -0.1) is 0 Å². The average molecular weight is 323 g/mol. The zero-order valence-electron chi connectivity index (χ0n) is 13.1. The predicted octanol–water partition coefficient (Wildman–Crippen LogP) is 2.52. The van der Waals surface area contributed by atoms with Crippen molar-refractivity contribution in [2.75, 3.05) is 7.11 Å². The van der Waals surface area contributed by atoms with Crippen LogP contribution >= 0.6 is 0 Å². The summed E-state index contributed by atoms with van der Waals surface area (Å²) in [6.07, 6.45) is 3.45. The van der Waals surface area contributed by atoms with Crippen molar-refractivity contribution in [3.05, 3.63) is 72.1 Å². The molecule has 122 valence electrons. The number of phenols is 1. The molecule has 3 aromatic rings. The van der Waals surface area contributed by atoms with E-state index in [0.29, 0.717) is 23.5 Å². The zero-order chi connectivity index (χ0) is 16.9. The minimum atomic E-state index is -0.201. The summed E-state index contributed by atoms with van der Waals surface area (Å²) in [6.45, 7) is 0.322. The molecule has 0 bridgehead atoms. The number of nitrogens with one attached hydrogen (secondary N) is 1. The first kappa shape index (κ1) is 15.6. The van der Waals surface area contributed by atoms with Gasteiger partial charge in [0.25, 0.3) is 5.91 Å². The molecule has 6 heteroatoms. The first-order valence-electron chi connectivity index (χ1n) is 7.42. The van der Waals surface area contributed by atoms with Gasteiger partial charge in [-0.3, -0.25) is 4.79 Å². The van der Waals surface area contributed by atoms with Crippen LogP contribution in [-0.4, -0.2) is 27.9 Å². The van der Waals surface area contributed by atoms with E-state index in [1.807, 2.05) is 18.2 Å². The lowest BCUT2D eigenvalue weighted by Crippen LogP contribution is -2.24. The van der Waals surface area contributed by atoms with Crippen LogP contribution in [0.1, 0.15) is 15.9 Å². The van der Waals surface area contributed by atoms with E-state index in [0.717, 1.165) is 5.56 Å². The van der Waals surface area contributed by atoms with Crippen LogP contribution in [0.4, 0.5) is 0 Å². The van der Waals surface area contributed by atoms with Crippen molar-refractivity contribution in [1.29, 1.82) is 0 Å². The second kappa shape index (κ2) is 6.87. The highest BCUT2D eigenvalue weighted by atomic mass is 16.5. The van der Waals surface area contributed by atoms with Crippen LogP contribution in [0, 0.1) is 0 Å². The van der Waals surface area contributed by atoms with Gasteiger partial charge < -0.3 is 15.2 Å². The predicted molar refractivity (Wildman–Crippen MR) is 89.4 cm³/mol. The van der Waals surface area contributed by atoms with E-state index in [1.165, 1.54) is 13.2 Å². The van der Waals surface area contributed by atoms with Crippen molar-refractivity contribution in [1.82, 2.24) is 15.1 Å². The van der Waals surface area contributed by atoms with Crippen LogP contribution in [-0.2, 0) is 6.54 Å². The van der Waals surface area contributed by atoms with Gasteiger partial charge in [0.15, 0.2) is 11.5 Å². The maximum Gasteiger partial charge on any atom is 0.253 e. The average Bonchev–Trinajstić information content (AvgIpc) is 3.15. The number of phenolic OH excluding ortho intramolecular Hbond substituents is 1. The number of carbonyl (C=O) groups excluding carboxylic acids is 1. The van der Waals surface area contributed by atoms with Gasteiger partial charge in [0.2, 0.25) is 0 Å². The Hall–Kier alpha value is -3.28. The quantitative estimate of drug-likeness (QED) is 0.756. The first-order valence-corrected chi connectivity index (χ1v) is 7.42. The molecule has 1 aromatic heterocycles. The third-order valence-corrected chi connectivity index (χ3v) is 3.60. The van der Waals surface area contributed by atoms with E-state index in [9.17, 15) is 9.90 Å². The number of nitrogens with zero attached hydrogens (tertiary/aromatic N) is 2. The Kier molecular flexibility index (Phi) is 4.47. The minimum absolute atomic E-state index is 0.0663. The smallest absolute Gasteiger partial charge is 0.253 e. The number of rotatable bonds is 5. The Morgan fingerprint density at radius 2 is 2.08 bits per heavy atom. The third kappa shape index (κ3) is 3.22. The van der Waals surface area contributed by atoms with Crippen molar-refractivity contribution < 1.29 is 14.6 Å². The summed E-state index contributed by atoms with van der Waals surface area (Å²) in [5, 5.41) is 16.7. The lowest BCUT2D eigenvalue weighted by molar-refractivity contribution is 0.0950. The van der Waals surface area contributed by atoms with Crippen LogP contribution in [0.5, 0.6) is 11.5 Å². The Morgan fingerprint density at radius 3 is 2.83 bits per heavy atom.